The first-order valence-corrected chi connectivity index (χ1v) is 12.9. The number of hydrogen-bond donors (Lipinski definition) is 0. The lowest BCUT2D eigenvalue weighted by molar-refractivity contribution is -0.139. The molecule has 1 atom stereocenters. The van der Waals surface area contributed by atoms with Crippen LogP contribution in [0.2, 0.25) is 0 Å². The molecule has 2 aromatic rings. The molecule has 174 valence electrons. The number of nitrogens with zero attached hydrogens (tertiary/aromatic N) is 2. The first-order chi connectivity index (χ1) is 15.4. The summed E-state index contributed by atoms with van der Waals surface area (Å²) in [7, 11) is -3.58. The topological polar surface area (TPSA) is 66.9 Å². The molecule has 1 unspecified atom stereocenters. The highest BCUT2D eigenvalue weighted by atomic mass is 32.2. The van der Waals surface area contributed by atoms with Crippen LogP contribution >= 0.6 is 0 Å². The van der Waals surface area contributed by atoms with Crippen molar-refractivity contribution in [3.05, 3.63) is 60.2 Å². The molecule has 0 radical (unpaired) electrons. The SMILES string of the molecule is CCOc1ccc(S(=O)(=O)N2CCC(C(=O)N(Cc3ccccc3)C(C)CC)CC2)cc1. The average molecular weight is 459 g/mol. The smallest absolute Gasteiger partial charge is 0.243 e. The molecule has 0 bridgehead atoms. The van der Waals surface area contributed by atoms with Crippen molar-refractivity contribution in [1.29, 1.82) is 0 Å². The van der Waals surface area contributed by atoms with Gasteiger partial charge in [-0.25, -0.2) is 8.42 Å². The zero-order chi connectivity index (χ0) is 23.1. The van der Waals surface area contributed by atoms with Crippen LogP contribution in [0.3, 0.4) is 0 Å². The summed E-state index contributed by atoms with van der Waals surface area (Å²) in [4.78, 5) is 15.6. The standard InChI is InChI=1S/C25H34N2O4S/c1-4-20(3)27(19-21-9-7-6-8-10-21)25(28)22-15-17-26(18-16-22)32(29,30)24-13-11-23(12-14-24)31-5-2/h6-14,20,22H,4-5,15-19H2,1-3H3. The van der Waals surface area contributed by atoms with Crippen LogP contribution in [-0.4, -0.2) is 49.3 Å². The summed E-state index contributed by atoms with van der Waals surface area (Å²) >= 11 is 0. The Morgan fingerprint density at radius 2 is 1.69 bits per heavy atom. The minimum absolute atomic E-state index is 0.126. The first-order valence-electron chi connectivity index (χ1n) is 11.4. The summed E-state index contributed by atoms with van der Waals surface area (Å²) < 4.78 is 33.0. The van der Waals surface area contributed by atoms with Gasteiger partial charge in [0, 0.05) is 31.6 Å². The van der Waals surface area contributed by atoms with E-state index < -0.39 is 10.0 Å². The molecular formula is C25H34N2O4S. The summed E-state index contributed by atoms with van der Waals surface area (Å²) in [5, 5.41) is 0. The lowest BCUT2D eigenvalue weighted by atomic mass is 9.95. The zero-order valence-corrected chi connectivity index (χ0v) is 20.1. The Bertz CT molecular complexity index is 969. The second-order valence-corrected chi connectivity index (χ2v) is 10.2. The molecule has 0 N–H and O–H groups in total. The lowest BCUT2D eigenvalue weighted by Gasteiger charge is -2.36. The quantitative estimate of drug-likeness (QED) is 0.562. The van der Waals surface area contributed by atoms with E-state index in [1.54, 1.807) is 24.3 Å². The van der Waals surface area contributed by atoms with Crippen molar-refractivity contribution in [2.75, 3.05) is 19.7 Å². The predicted molar refractivity (Wildman–Crippen MR) is 126 cm³/mol. The second kappa shape index (κ2) is 11.0. The molecule has 1 aliphatic rings. The maximum Gasteiger partial charge on any atom is 0.243 e. The van der Waals surface area contributed by atoms with Gasteiger partial charge in [0.15, 0.2) is 0 Å². The zero-order valence-electron chi connectivity index (χ0n) is 19.2. The van der Waals surface area contributed by atoms with Crippen LogP contribution in [0.4, 0.5) is 0 Å². The maximum absolute atomic E-state index is 13.4. The van der Waals surface area contributed by atoms with Crippen LogP contribution in [0.25, 0.3) is 0 Å². The lowest BCUT2D eigenvalue weighted by Crippen LogP contribution is -2.46. The summed E-state index contributed by atoms with van der Waals surface area (Å²) in [6.07, 6.45) is 1.96. The monoisotopic (exact) mass is 458 g/mol. The molecule has 7 heteroatoms. The fraction of sp³-hybridized carbons (Fsp3) is 0.480. The summed E-state index contributed by atoms with van der Waals surface area (Å²) in [5.41, 5.74) is 1.11. The van der Waals surface area contributed by atoms with Gasteiger partial charge in [-0.2, -0.15) is 4.31 Å². The number of carbonyl (C=O) groups is 1. The predicted octanol–water partition coefficient (Wildman–Crippen LogP) is 4.31. The van der Waals surface area contributed by atoms with E-state index in [-0.39, 0.29) is 22.8 Å². The molecule has 32 heavy (non-hydrogen) atoms. The fourth-order valence-corrected chi connectivity index (χ4v) is 5.52. The van der Waals surface area contributed by atoms with E-state index in [1.165, 1.54) is 4.31 Å². The fourth-order valence-electron chi connectivity index (χ4n) is 4.05. The number of hydrogen-bond acceptors (Lipinski definition) is 4. The van der Waals surface area contributed by atoms with Crippen LogP contribution in [0.5, 0.6) is 5.75 Å². The van der Waals surface area contributed by atoms with E-state index >= 15 is 0 Å². The Labute approximate surface area is 192 Å². The Morgan fingerprint density at radius 3 is 2.25 bits per heavy atom. The molecule has 2 aromatic carbocycles. The molecule has 0 aliphatic carbocycles. The van der Waals surface area contributed by atoms with Gasteiger partial charge in [0.1, 0.15) is 5.75 Å². The van der Waals surface area contributed by atoms with Gasteiger partial charge in [0.25, 0.3) is 0 Å². The van der Waals surface area contributed by atoms with Crippen molar-refractivity contribution in [3.8, 4) is 5.75 Å². The second-order valence-electron chi connectivity index (χ2n) is 8.29. The van der Waals surface area contributed by atoms with Crippen LogP contribution in [0, 0.1) is 5.92 Å². The molecule has 6 nitrogen and oxygen atoms in total. The maximum atomic E-state index is 13.4. The Morgan fingerprint density at radius 1 is 1.06 bits per heavy atom. The highest BCUT2D eigenvalue weighted by Crippen LogP contribution is 2.27. The molecule has 1 aliphatic heterocycles. The van der Waals surface area contributed by atoms with Gasteiger partial charge in [-0.05, 0) is 62.9 Å². The number of rotatable bonds is 9. The summed E-state index contributed by atoms with van der Waals surface area (Å²) in [5.74, 6) is 0.625. The van der Waals surface area contributed by atoms with Gasteiger partial charge in [-0.15, -0.1) is 0 Å². The van der Waals surface area contributed by atoms with E-state index in [1.807, 2.05) is 42.2 Å². The van der Waals surface area contributed by atoms with Crippen LogP contribution in [0.1, 0.15) is 45.6 Å². The highest BCUT2D eigenvalue weighted by Gasteiger charge is 2.34. The van der Waals surface area contributed by atoms with E-state index in [0.717, 1.165) is 12.0 Å². The van der Waals surface area contributed by atoms with Gasteiger partial charge in [-0.3, -0.25) is 4.79 Å². The van der Waals surface area contributed by atoms with E-state index in [9.17, 15) is 13.2 Å². The first kappa shape index (κ1) is 24.3. The van der Waals surface area contributed by atoms with E-state index in [2.05, 4.69) is 13.8 Å². The number of sulfonamides is 1. The van der Waals surface area contributed by atoms with Gasteiger partial charge in [-0.1, -0.05) is 37.3 Å². The Balaban J connectivity index is 1.65. The van der Waals surface area contributed by atoms with E-state index in [4.69, 9.17) is 4.74 Å². The minimum Gasteiger partial charge on any atom is -0.494 e. The number of benzene rings is 2. The average Bonchev–Trinajstić information content (AvgIpc) is 2.83. The number of piperidine rings is 1. The van der Waals surface area contributed by atoms with Crippen molar-refractivity contribution in [2.45, 2.75) is 57.5 Å². The third-order valence-electron chi connectivity index (χ3n) is 6.18. The summed E-state index contributed by atoms with van der Waals surface area (Å²) in [6.45, 7) is 7.87. The van der Waals surface area contributed by atoms with Crippen LogP contribution < -0.4 is 4.74 Å². The number of amides is 1. The molecule has 1 amide bonds. The largest absolute Gasteiger partial charge is 0.494 e. The van der Waals surface area contributed by atoms with Crippen LogP contribution in [0.15, 0.2) is 59.5 Å². The van der Waals surface area contributed by atoms with Gasteiger partial charge >= 0.3 is 0 Å². The highest BCUT2D eigenvalue weighted by molar-refractivity contribution is 7.89. The van der Waals surface area contributed by atoms with Gasteiger partial charge < -0.3 is 9.64 Å². The van der Waals surface area contributed by atoms with Crippen molar-refractivity contribution in [2.24, 2.45) is 5.92 Å². The third-order valence-corrected chi connectivity index (χ3v) is 8.09. The molecule has 3 rings (SSSR count). The number of ether oxygens (including phenoxy) is 1. The molecule has 1 saturated heterocycles. The molecule has 0 aromatic heterocycles. The van der Waals surface area contributed by atoms with Crippen LogP contribution in [-0.2, 0) is 21.4 Å². The normalized spacial score (nSPS) is 16.5. The molecule has 0 spiro atoms. The molecular weight excluding hydrogens is 424 g/mol. The Hall–Kier alpha value is -2.38. The third kappa shape index (κ3) is 5.70. The van der Waals surface area contributed by atoms with Crippen molar-refractivity contribution in [1.82, 2.24) is 9.21 Å². The van der Waals surface area contributed by atoms with Crippen molar-refractivity contribution >= 4 is 15.9 Å². The molecule has 0 saturated carbocycles. The number of carbonyl (C=O) groups excluding carboxylic acids is 1. The van der Waals surface area contributed by atoms with Crippen molar-refractivity contribution < 1.29 is 17.9 Å². The molecule has 1 heterocycles. The van der Waals surface area contributed by atoms with Gasteiger partial charge in [0.2, 0.25) is 15.9 Å². The van der Waals surface area contributed by atoms with Crippen molar-refractivity contribution in [3.63, 3.8) is 0 Å². The Kier molecular flexibility index (Phi) is 8.32. The van der Waals surface area contributed by atoms with E-state index in [0.29, 0.717) is 44.8 Å². The minimum atomic E-state index is -3.58. The molecule has 1 fully saturated rings. The van der Waals surface area contributed by atoms with Gasteiger partial charge in [0.05, 0.1) is 11.5 Å². The summed E-state index contributed by atoms with van der Waals surface area (Å²) in [6, 6.07) is 16.7.